The van der Waals surface area contributed by atoms with Crippen molar-refractivity contribution in [3.05, 3.63) is 65.3 Å². The van der Waals surface area contributed by atoms with Crippen LogP contribution >= 0.6 is 0 Å². The number of carbonyl (C=O) groups excluding carboxylic acids is 1. The molecule has 31 heavy (non-hydrogen) atoms. The van der Waals surface area contributed by atoms with Gasteiger partial charge in [0.2, 0.25) is 0 Å². The molecule has 0 atom stereocenters. The summed E-state index contributed by atoms with van der Waals surface area (Å²) >= 11 is 0. The molecule has 1 aliphatic heterocycles. The van der Waals surface area contributed by atoms with Gasteiger partial charge in [-0.2, -0.15) is 0 Å². The quantitative estimate of drug-likeness (QED) is 0.642. The molecular weight excluding hydrogens is 393 g/mol. The first-order chi connectivity index (χ1) is 22.0. The number of hydrogen-bond acceptors (Lipinski definition) is 3. The Morgan fingerprint density at radius 2 is 1.84 bits per heavy atom. The molecule has 1 fully saturated rings. The summed E-state index contributed by atoms with van der Waals surface area (Å²) in [6.45, 7) is -11.8. The Bertz CT molecular complexity index is 1580. The highest BCUT2D eigenvalue weighted by Gasteiger charge is 2.27. The predicted molar refractivity (Wildman–Crippen MR) is 121 cm³/mol. The lowest BCUT2D eigenvalue weighted by Crippen LogP contribution is -2.49. The van der Waals surface area contributed by atoms with Gasteiger partial charge in [0.1, 0.15) is 11.6 Å². The molecular formula is C25H34FN3O2. The van der Waals surface area contributed by atoms with Gasteiger partial charge in [0.15, 0.2) is 0 Å². The molecule has 0 unspecified atom stereocenters. The standard InChI is InChI=1S/C25H34FN3O2/c1-19(2)18-31-24-10-6-20(7-11-24)16-27-25(30)29(23-12-14-28(3)15-13-23)17-21-4-8-22(26)9-5-21/h4-11,19,23H,12-18H2,1-3H3,(H,27,30)/i4D,5D,6D,7D,8D,9D,10D,11D,14D2,15D2,16D2,17D2,18D2. The second kappa shape index (κ2) is 11.1. The number of ether oxygens (including phenoxy) is 1. The fraction of sp³-hybridized carbons (Fsp3) is 0.480. The van der Waals surface area contributed by atoms with Crippen LogP contribution in [0.2, 0.25) is 0 Å². The van der Waals surface area contributed by atoms with Crippen LogP contribution in [-0.4, -0.2) is 48.5 Å². The fourth-order valence-corrected chi connectivity index (χ4v) is 2.34. The van der Waals surface area contributed by atoms with Gasteiger partial charge in [-0.3, -0.25) is 0 Å². The zero-order chi connectivity index (χ0) is 38.1. The SMILES string of the molecule is [2H]c1c([2H])c(C([2H])([2H])N(C(=O)NC([2H])([2H])c2c([2H])c([2H])c(OC([2H])([2H])C(C)C)c([2H])c2[2H])C2CC([2H])([2H])N(C)C([2H])([2H])C2)c([2H])c([2H])c1F. The molecule has 0 aliphatic carbocycles. The number of carbonyl (C=O) groups is 1. The number of likely N-dealkylation sites (tertiary alicyclic amines) is 1. The number of hydrogen-bond donors (Lipinski definition) is 1. The molecule has 0 radical (unpaired) electrons. The van der Waals surface area contributed by atoms with Gasteiger partial charge >= 0.3 is 6.03 Å². The van der Waals surface area contributed by atoms with E-state index in [2.05, 4.69) is 0 Å². The third-order valence-electron chi connectivity index (χ3n) is 3.83. The molecule has 2 aromatic rings. The lowest BCUT2D eigenvalue weighted by atomic mass is 10.0. The van der Waals surface area contributed by atoms with E-state index in [0.717, 1.165) is 7.05 Å². The Hall–Kier alpha value is -2.60. The van der Waals surface area contributed by atoms with Crippen molar-refractivity contribution in [2.75, 3.05) is 26.6 Å². The topological polar surface area (TPSA) is 44.8 Å². The van der Waals surface area contributed by atoms with Crippen molar-refractivity contribution in [1.82, 2.24) is 15.1 Å². The molecule has 168 valence electrons. The molecule has 1 saturated heterocycles. The van der Waals surface area contributed by atoms with Crippen molar-refractivity contribution in [2.45, 2.75) is 45.7 Å². The number of nitrogens with zero attached hydrogens (tertiary/aromatic N) is 2. The Labute approximate surface area is 210 Å². The summed E-state index contributed by atoms with van der Waals surface area (Å²) < 4.78 is 169. The van der Waals surface area contributed by atoms with Gasteiger partial charge < -0.3 is 19.9 Å². The number of nitrogens with one attached hydrogen (secondary N) is 1. The van der Waals surface area contributed by atoms with E-state index in [4.69, 9.17) is 29.4 Å². The minimum Gasteiger partial charge on any atom is -0.493 e. The summed E-state index contributed by atoms with van der Waals surface area (Å²) in [5, 5.41) is 1.72. The lowest BCUT2D eigenvalue weighted by Gasteiger charge is -2.37. The minimum atomic E-state index is -3.56. The molecule has 1 aliphatic rings. The molecule has 1 N–H and O–H groups in total. The molecule has 5 nitrogen and oxygen atoms in total. The van der Waals surface area contributed by atoms with Crippen molar-refractivity contribution in [3.8, 4) is 5.75 Å². The maximum absolute atomic E-state index is 14.4. The van der Waals surface area contributed by atoms with Gasteiger partial charge in [0, 0.05) is 24.5 Å². The van der Waals surface area contributed by atoms with Gasteiger partial charge in [-0.25, -0.2) is 9.18 Å². The Morgan fingerprint density at radius 1 is 1.23 bits per heavy atom. The molecule has 0 aromatic heterocycles. The highest BCUT2D eigenvalue weighted by Crippen LogP contribution is 2.19. The second-order valence-electron chi connectivity index (χ2n) is 6.74. The number of amides is 2. The van der Waals surface area contributed by atoms with Crippen LogP contribution in [0.15, 0.2) is 48.3 Å². The van der Waals surface area contributed by atoms with Crippen molar-refractivity contribution in [3.63, 3.8) is 0 Å². The van der Waals surface area contributed by atoms with Gasteiger partial charge in [-0.1, -0.05) is 38.0 Å². The normalized spacial score (nSPS) is 28.2. The van der Waals surface area contributed by atoms with Crippen LogP contribution in [0, 0.1) is 11.7 Å². The van der Waals surface area contributed by atoms with E-state index in [0.29, 0.717) is 4.90 Å². The monoisotopic (exact) mass is 445 g/mol. The number of halogens is 1. The molecule has 2 amide bonds. The van der Waals surface area contributed by atoms with Crippen molar-refractivity contribution < 1.29 is 38.6 Å². The molecule has 2 aromatic carbocycles. The summed E-state index contributed by atoms with van der Waals surface area (Å²) in [5.74, 6) is -3.34. The average Bonchev–Trinajstić information content (AvgIpc) is 2.94. The lowest BCUT2D eigenvalue weighted by molar-refractivity contribution is 0.127. The molecule has 1 heterocycles. The largest absolute Gasteiger partial charge is 0.493 e. The zero-order valence-electron chi connectivity index (χ0n) is 35.2. The van der Waals surface area contributed by atoms with Gasteiger partial charge in [-0.05, 0) is 74.1 Å². The molecule has 3 rings (SSSR count). The van der Waals surface area contributed by atoms with Crippen LogP contribution in [-0.2, 0) is 13.0 Å². The second-order valence-corrected chi connectivity index (χ2v) is 6.74. The predicted octanol–water partition coefficient (Wildman–Crippen LogP) is 4.67. The van der Waals surface area contributed by atoms with Crippen molar-refractivity contribution in [1.29, 1.82) is 0 Å². The van der Waals surface area contributed by atoms with Crippen molar-refractivity contribution >= 4 is 6.03 Å². The van der Waals surface area contributed by atoms with E-state index in [1.165, 1.54) is 13.8 Å². The molecule has 0 bridgehead atoms. The van der Waals surface area contributed by atoms with E-state index in [1.54, 1.807) is 5.32 Å². The van der Waals surface area contributed by atoms with Crippen LogP contribution in [0.25, 0.3) is 0 Å². The molecule has 0 saturated carbocycles. The number of rotatable bonds is 8. The van der Waals surface area contributed by atoms with Crippen LogP contribution in [0.5, 0.6) is 5.75 Å². The Balaban J connectivity index is 2.25. The Morgan fingerprint density at radius 3 is 2.45 bits per heavy atom. The smallest absolute Gasteiger partial charge is 0.318 e. The maximum Gasteiger partial charge on any atom is 0.318 e. The van der Waals surface area contributed by atoms with E-state index >= 15 is 0 Å². The van der Waals surface area contributed by atoms with Gasteiger partial charge in [0.05, 0.1) is 25.7 Å². The number of piperidine rings is 1. The van der Waals surface area contributed by atoms with E-state index < -0.39 is 134 Å². The first kappa shape index (κ1) is 9.10. The first-order valence-corrected chi connectivity index (χ1v) is 9.37. The fourth-order valence-electron chi connectivity index (χ4n) is 2.34. The van der Waals surface area contributed by atoms with E-state index in [9.17, 15) is 9.18 Å². The zero-order valence-corrected chi connectivity index (χ0v) is 17.2. The van der Waals surface area contributed by atoms with Crippen molar-refractivity contribution in [2.24, 2.45) is 5.92 Å². The van der Waals surface area contributed by atoms with Crippen LogP contribution in [0.1, 0.15) is 62.5 Å². The molecule has 0 spiro atoms. The number of urea groups is 1. The van der Waals surface area contributed by atoms with Crippen LogP contribution in [0.3, 0.4) is 0 Å². The third kappa shape index (κ3) is 7.24. The van der Waals surface area contributed by atoms with E-state index in [1.807, 2.05) is 0 Å². The highest BCUT2D eigenvalue weighted by atomic mass is 19.1. The third-order valence-corrected chi connectivity index (χ3v) is 3.83. The summed E-state index contributed by atoms with van der Waals surface area (Å²) in [6.07, 6.45) is -1.68. The van der Waals surface area contributed by atoms with Crippen LogP contribution < -0.4 is 10.1 Å². The summed E-state index contributed by atoms with van der Waals surface area (Å²) in [4.78, 5) is 14.8. The summed E-state index contributed by atoms with van der Waals surface area (Å²) in [5.41, 5.74) is -2.33. The first-order valence-electron chi connectivity index (χ1n) is 18.4. The van der Waals surface area contributed by atoms with Crippen LogP contribution in [0.4, 0.5) is 9.18 Å². The minimum absolute atomic E-state index is 0.0563. The maximum atomic E-state index is 14.4. The average molecular weight is 446 g/mol. The summed E-state index contributed by atoms with van der Waals surface area (Å²) in [6, 6.07) is -13.2. The molecule has 6 heteroatoms. The Kier molecular flexibility index (Phi) is 3.27. The van der Waals surface area contributed by atoms with Gasteiger partial charge in [-0.15, -0.1) is 0 Å². The van der Waals surface area contributed by atoms with E-state index in [-0.39, 0.29) is 4.90 Å². The number of benzene rings is 2. The van der Waals surface area contributed by atoms with Gasteiger partial charge in [0.25, 0.3) is 0 Å². The highest BCUT2D eigenvalue weighted by molar-refractivity contribution is 5.74. The summed E-state index contributed by atoms with van der Waals surface area (Å²) in [7, 11) is 1.08.